The lowest BCUT2D eigenvalue weighted by molar-refractivity contribution is -0.128. The van der Waals surface area contributed by atoms with Crippen LogP contribution in [0.15, 0.2) is 52.8 Å². The topological polar surface area (TPSA) is 62.6 Å². The lowest BCUT2D eigenvalue weighted by atomic mass is 9.65. The van der Waals surface area contributed by atoms with Crippen molar-refractivity contribution in [3.05, 3.63) is 64.7 Å². The van der Waals surface area contributed by atoms with Crippen LogP contribution in [0.3, 0.4) is 0 Å². The van der Waals surface area contributed by atoms with Crippen molar-refractivity contribution in [3.8, 4) is 0 Å². The molecular formula is C24H27ClN2O3. The van der Waals surface area contributed by atoms with Crippen LogP contribution >= 0.6 is 11.6 Å². The van der Waals surface area contributed by atoms with Crippen molar-refractivity contribution < 1.29 is 14.0 Å². The molecule has 6 heteroatoms. The highest BCUT2D eigenvalue weighted by Crippen LogP contribution is 2.52. The van der Waals surface area contributed by atoms with Crippen LogP contribution in [-0.4, -0.2) is 29.3 Å². The number of rotatable bonds is 4. The van der Waals surface area contributed by atoms with Gasteiger partial charge in [-0.3, -0.25) is 9.59 Å². The molecular weight excluding hydrogens is 400 g/mol. The van der Waals surface area contributed by atoms with Gasteiger partial charge in [0.1, 0.15) is 11.5 Å². The van der Waals surface area contributed by atoms with Crippen molar-refractivity contribution in [2.75, 3.05) is 6.54 Å². The van der Waals surface area contributed by atoms with Crippen LogP contribution in [0.4, 0.5) is 0 Å². The van der Waals surface area contributed by atoms with Gasteiger partial charge in [-0.2, -0.15) is 0 Å². The lowest BCUT2D eigenvalue weighted by Crippen LogP contribution is -2.42. The molecule has 1 aromatic heterocycles. The van der Waals surface area contributed by atoms with Crippen molar-refractivity contribution in [2.24, 2.45) is 10.8 Å². The second-order valence-electron chi connectivity index (χ2n) is 9.68. The third kappa shape index (κ3) is 4.31. The van der Waals surface area contributed by atoms with E-state index in [9.17, 15) is 9.59 Å². The first-order valence-corrected chi connectivity index (χ1v) is 10.7. The molecule has 2 aliphatic rings. The minimum atomic E-state index is -0.355. The number of halogens is 1. The van der Waals surface area contributed by atoms with Crippen LogP contribution in [-0.2, 0) is 4.79 Å². The SMILES string of the molecule is CC1(C)C[C@H]2C[C@@](C)(CN2C(=O)/C(=C\c2ccco2)NC(=O)c2ccc(Cl)cc2)C1. The van der Waals surface area contributed by atoms with E-state index in [1.807, 2.05) is 4.90 Å². The van der Waals surface area contributed by atoms with Crippen molar-refractivity contribution in [2.45, 2.75) is 46.1 Å². The smallest absolute Gasteiger partial charge is 0.270 e. The molecule has 2 bridgehead atoms. The molecule has 1 aromatic carbocycles. The average molecular weight is 427 g/mol. The van der Waals surface area contributed by atoms with Gasteiger partial charge in [-0.25, -0.2) is 0 Å². The molecule has 0 radical (unpaired) electrons. The molecule has 1 aliphatic carbocycles. The maximum absolute atomic E-state index is 13.6. The monoisotopic (exact) mass is 426 g/mol. The molecule has 158 valence electrons. The first-order chi connectivity index (χ1) is 14.1. The molecule has 2 aromatic rings. The number of hydrogen-bond acceptors (Lipinski definition) is 3. The highest BCUT2D eigenvalue weighted by Gasteiger charge is 2.51. The number of carbonyl (C=O) groups is 2. The Morgan fingerprint density at radius 1 is 1.17 bits per heavy atom. The van der Waals surface area contributed by atoms with Gasteiger partial charge in [0.05, 0.1) is 6.26 Å². The summed E-state index contributed by atoms with van der Waals surface area (Å²) in [6, 6.07) is 10.3. The van der Waals surface area contributed by atoms with Gasteiger partial charge in [0.2, 0.25) is 0 Å². The Morgan fingerprint density at radius 3 is 2.57 bits per heavy atom. The summed E-state index contributed by atoms with van der Waals surface area (Å²) in [7, 11) is 0. The minimum absolute atomic E-state index is 0.109. The van der Waals surface area contributed by atoms with E-state index in [-0.39, 0.29) is 34.4 Å². The molecule has 1 N–H and O–H groups in total. The summed E-state index contributed by atoms with van der Waals surface area (Å²) in [4.78, 5) is 28.3. The number of hydrogen-bond donors (Lipinski definition) is 1. The first-order valence-electron chi connectivity index (χ1n) is 10.3. The molecule has 30 heavy (non-hydrogen) atoms. The number of furan rings is 1. The first kappa shape index (κ1) is 20.7. The summed E-state index contributed by atoms with van der Waals surface area (Å²) in [6.45, 7) is 7.50. The molecule has 2 amide bonds. The molecule has 1 aliphatic heterocycles. The largest absolute Gasteiger partial charge is 0.465 e. The van der Waals surface area contributed by atoms with Crippen molar-refractivity contribution in [1.29, 1.82) is 0 Å². The van der Waals surface area contributed by atoms with Crippen molar-refractivity contribution in [3.63, 3.8) is 0 Å². The van der Waals surface area contributed by atoms with Gasteiger partial charge in [-0.1, -0.05) is 32.4 Å². The number of benzene rings is 1. The molecule has 0 spiro atoms. The van der Waals surface area contributed by atoms with E-state index >= 15 is 0 Å². The average Bonchev–Trinajstić information content (AvgIpc) is 3.25. The molecule has 1 saturated carbocycles. The van der Waals surface area contributed by atoms with Crippen LogP contribution in [0.25, 0.3) is 6.08 Å². The fourth-order valence-corrected chi connectivity index (χ4v) is 5.44. The van der Waals surface area contributed by atoms with Crippen LogP contribution in [0, 0.1) is 10.8 Å². The van der Waals surface area contributed by atoms with Crippen LogP contribution in [0.1, 0.15) is 56.2 Å². The normalized spacial score (nSPS) is 25.3. The molecule has 1 saturated heterocycles. The Bertz CT molecular complexity index is 978. The Labute approximate surface area is 182 Å². The van der Waals surface area contributed by atoms with Gasteiger partial charge >= 0.3 is 0 Å². The van der Waals surface area contributed by atoms with Crippen LogP contribution < -0.4 is 5.32 Å². The van der Waals surface area contributed by atoms with Gasteiger partial charge in [0, 0.05) is 29.2 Å². The summed E-state index contributed by atoms with van der Waals surface area (Å²) in [5, 5.41) is 3.36. The zero-order valence-electron chi connectivity index (χ0n) is 17.6. The molecule has 2 fully saturated rings. The van der Waals surface area contributed by atoms with E-state index in [4.69, 9.17) is 16.0 Å². The zero-order chi connectivity index (χ0) is 21.5. The second-order valence-corrected chi connectivity index (χ2v) is 10.1. The van der Waals surface area contributed by atoms with Gasteiger partial charge < -0.3 is 14.6 Å². The summed E-state index contributed by atoms with van der Waals surface area (Å²) >= 11 is 5.92. The molecule has 2 heterocycles. The highest BCUT2D eigenvalue weighted by atomic mass is 35.5. The maximum atomic E-state index is 13.6. The predicted molar refractivity (Wildman–Crippen MR) is 117 cm³/mol. The van der Waals surface area contributed by atoms with Gasteiger partial charge in [0.25, 0.3) is 11.8 Å². The summed E-state index contributed by atoms with van der Waals surface area (Å²) in [6.07, 6.45) is 6.21. The van der Waals surface area contributed by atoms with Crippen LogP contribution in [0.2, 0.25) is 5.02 Å². The fraction of sp³-hybridized carbons (Fsp3) is 0.417. The van der Waals surface area contributed by atoms with E-state index in [0.717, 1.165) is 19.3 Å². The number of nitrogens with zero attached hydrogens (tertiary/aromatic N) is 1. The van der Waals surface area contributed by atoms with Crippen molar-refractivity contribution in [1.82, 2.24) is 10.2 Å². The lowest BCUT2D eigenvalue weighted by Gasteiger charge is -2.39. The second kappa shape index (κ2) is 7.62. The standard InChI is InChI=1S/C24H27ClN2O3/c1-23(2)12-18-13-24(3,14-23)15-27(18)22(29)20(11-19-5-4-10-30-19)26-21(28)16-6-8-17(25)9-7-16/h4-11,18H,12-15H2,1-3H3,(H,26,28)/b20-11+/t18-,24+/m0/s1. The Morgan fingerprint density at radius 2 is 1.90 bits per heavy atom. The third-order valence-corrected chi connectivity index (χ3v) is 6.34. The number of carbonyl (C=O) groups excluding carboxylic acids is 2. The quantitative estimate of drug-likeness (QED) is 0.689. The molecule has 4 rings (SSSR count). The van der Waals surface area contributed by atoms with E-state index in [1.165, 1.54) is 0 Å². The minimum Gasteiger partial charge on any atom is -0.465 e. The van der Waals surface area contributed by atoms with E-state index in [1.54, 1.807) is 48.7 Å². The van der Waals surface area contributed by atoms with Gasteiger partial charge in [-0.15, -0.1) is 0 Å². The zero-order valence-corrected chi connectivity index (χ0v) is 18.3. The number of likely N-dealkylation sites (tertiary alicyclic amines) is 1. The third-order valence-electron chi connectivity index (χ3n) is 6.09. The fourth-order valence-electron chi connectivity index (χ4n) is 5.31. The summed E-state index contributed by atoms with van der Waals surface area (Å²) in [5.41, 5.74) is 0.965. The molecule has 0 unspecified atom stereocenters. The summed E-state index contributed by atoms with van der Waals surface area (Å²) < 4.78 is 5.40. The Hall–Kier alpha value is -2.53. The molecule has 2 atom stereocenters. The van der Waals surface area contributed by atoms with E-state index < -0.39 is 0 Å². The summed E-state index contributed by atoms with van der Waals surface area (Å²) in [5.74, 6) is -0.00450. The maximum Gasteiger partial charge on any atom is 0.270 e. The number of nitrogens with one attached hydrogen (secondary N) is 1. The van der Waals surface area contributed by atoms with Crippen LogP contribution in [0.5, 0.6) is 0 Å². The van der Waals surface area contributed by atoms with Gasteiger partial charge in [-0.05, 0) is 66.5 Å². The van der Waals surface area contributed by atoms with Gasteiger partial charge in [0.15, 0.2) is 0 Å². The van der Waals surface area contributed by atoms with E-state index in [2.05, 4.69) is 26.1 Å². The number of fused-ring (bicyclic) bond motifs is 2. The van der Waals surface area contributed by atoms with E-state index in [0.29, 0.717) is 22.9 Å². The van der Waals surface area contributed by atoms with Crippen molar-refractivity contribution >= 4 is 29.5 Å². The number of amides is 2. The highest BCUT2D eigenvalue weighted by molar-refractivity contribution is 6.30. The predicted octanol–water partition coefficient (Wildman–Crippen LogP) is 5.13. The Balaban J connectivity index is 1.61. The molecule has 5 nitrogen and oxygen atoms in total. The Kier molecular flexibility index (Phi) is 5.27.